The lowest BCUT2D eigenvalue weighted by Gasteiger charge is -2.05. The van der Waals surface area contributed by atoms with Crippen LogP contribution in [0.4, 0.5) is 0 Å². The van der Waals surface area contributed by atoms with Gasteiger partial charge in [-0.3, -0.25) is 9.89 Å². The van der Waals surface area contributed by atoms with Gasteiger partial charge in [0.25, 0.3) is 5.91 Å². The number of rotatable bonds is 4. The van der Waals surface area contributed by atoms with Gasteiger partial charge >= 0.3 is 0 Å². The molecule has 2 rings (SSSR count). The molecule has 0 aliphatic carbocycles. The van der Waals surface area contributed by atoms with Crippen LogP contribution in [0.1, 0.15) is 21.7 Å². The number of halogens is 1. The summed E-state index contributed by atoms with van der Waals surface area (Å²) in [5.74, 6) is 0.687. The highest BCUT2D eigenvalue weighted by molar-refractivity contribution is 9.10. The Kier molecular flexibility index (Phi) is 4.09. The molecule has 0 atom stereocenters. The van der Waals surface area contributed by atoms with Crippen molar-refractivity contribution >= 4 is 21.8 Å². The Morgan fingerprint density at radius 1 is 1.50 bits per heavy atom. The summed E-state index contributed by atoms with van der Waals surface area (Å²) < 4.78 is 1.00. The fourth-order valence-electron chi connectivity index (χ4n) is 1.53. The van der Waals surface area contributed by atoms with Crippen LogP contribution in [-0.4, -0.2) is 27.6 Å². The molecule has 1 aromatic heterocycles. The summed E-state index contributed by atoms with van der Waals surface area (Å²) in [5, 5.41) is 9.34. The Morgan fingerprint density at radius 2 is 2.33 bits per heavy atom. The number of benzene rings is 1. The summed E-state index contributed by atoms with van der Waals surface area (Å²) in [7, 11) is 0. The molecule has 0 fully saturated rings. The van der Waals surface area contributed by atoms with Crippen molar-refractivity contribution in [3.05, 3.63) is 46.0 Å². The lowest BCUT2D eigenvalue weighted by Crippen LogP contribution is -2.26. The first-order chi connectivity index (χ1) is 8.66. The fourth-order valence-corrected chi connectivity index (χ4v) is 1.78. The molecular weight excluding hydrogens is 296 g/mol. The first-order valence-corrected chi connectivity index (χ1v) is 6.34. The zero-order valence-electron chi connectivity index (χ0n) is 9.90. The van der Waals surface area contributed by atoms with Crippen LogP contribution >= 0.6 is 15.9 Å². The Bertz CT molecular complexity index is 539. The SMILES string of the molecule is Cc1cc(C(=O)NCCc2ncn[nH]2)ccc1Br. The van der Waals surface area contributed by atoms with Gasteiger partial charge in [-0.15, -0.1) is 0 Å². The zero-order valence-corrected chi connectivity index (χ0v) is 11.5. The van der Waals surface area contributed by atoms with E-state index in [0.717, 1.165) is 15.9 Å². The molecule has 6 heteroatoms. The van der Waals surface area contributed by atoms with E-state index in [4.69, 9.17) is 0 Å². The van der Waals surface area contributed by atoms with Gasteiger partial charge in [-0.1, -0.05) is 15.9 Å². The second-order valence-electron chi connectivity index (χ2n) is 3.90. The number of nitrogens with one attached hydrogen (secondary N) is 2. The van der Waals surface area contributed by atoms with E-state index in [-0.39, 0.29) is 5.91 Å². The molecule has 1 aromatic carbocycles. The van der Waals surface area contributed by atoms with E-state index in [0.29, 0.717) is 18.5 Å². The number of hydrogen-bond acceptors (Lipinski definition) is 3. The number of H-pyrrole nitrogens is 1. The number of carbonyl (C=O) groups is 1. The van der Waals surface area contributed by atoms with E-state index in [1.165, 1.54) is 6.33 Å². The summed E-state index contributed by atoms with van der Waals surface area (Å²) in [5.41, 5.74) is 1.70. The number of nitrogens with zero attached hydrogens (tertiary/aromatic N) is 2. The van der Waals surface area contributed by atoms with Crippen LogP contribution in [-0.2, 0) is 6.42 Å². The molecule has 0 radical (unpaired) electrons. The normalized spacial score (nSPS) is 10.3. The van der Waals surface area contributed by atoms with Gasteiger partial charge in [-0.05, 0) is 30.7 Å². The Balaban J connectivity index is 1.89. The largest absolute Gasteiger partial charge is 0.352 e. The Labute approximate surface area is 113 Å². The minimum Gasteiger partial charge on any atom is -0.352 e. The van der Waals surface area contributed by atoms with Crippen molar-refractivity contribution in [3.8, 4) is 0 Å². The predicted octanol–water partition coefficient (Wildman–Crippen LogP) is 1.85. The van der Waals surface area contributed by atoms with E-state index in [1.54, 1.807) is 6.07 Å². The predicted molar refractivity (Wildman–Crippen MR) is 71.3 cm³/mol. The van der Waals surface area contributed by atoms with Crippen LogP contribution < -0.4 is 5.32 Å². The van der Waals surface area contributed by atoms with Crippen molar-refractivity contribution in [2.24, 2.45) is 0 Å². The molecule has 0 bridgehead atoms. The lowest BCUT2D eigenvalue weighted by atomic mass is 10.1. The van der Waals surface area contributed by atoms with Crippen molar-refractivity contribution in [1.82, 2.24) is 20.5 Å². The van der Waals surface area contributed by atoms with Gasteiger partial charge < -0.3 is 5.32 Å². The minimum atomic E-state index is -0.0786. The van der Waals surface area contributed by atoms with Crippen LogP contribution in [0.25, 0.3) is 0 Å². The standard InChI is InChI=1S/C12H13BrN4O/c1-8-6-9(2-3-10(8)13)12(18)14-5-4-11-15-7-16-17-11/h2-3,6-7H,4-5H2,1H3,(H,14,18)(H,15,16,17). The number of amides is 1. The number of aromatic amines is 1. The van der Waals surface area contributed by atoms with Gasteiger partial charge in [0.15, 0.2) is 0 Å². The van der Waals surface area contributed by atoms with Crippen molar-refractivity contribution in [2.45, 2.75) is 13.3 Å². The van der Waals surface area contributed by atoms with Gasteiger partial charge in [-0.2, -0.15) is 5.10 Å². The van der Waals surface area contributed by atoms with Gasteiger partial charge in [0.2, 0.25) is 0 Å². The molecule has 94 valence electrons. The third kappa shape index (κ3) is 3.16. The molecule has 0 aliphatic rings. The topological polar surface area (TPSA) is 70.7 Å². The van der Waals surface area contributed by atoms with E-state index >= 15 is 0 Å². The maximum absolute atomic E-state index is 11.9. The molecule has 2 aromatic rings. The van der Waals surface area contributed by atoms with Crippen LogP contribution in [0.5, 0.6) is 0 Å². The first-order valence-electron chi connectivity index (χ1n) is 5.55. The van der Waals surface area contributed by atoms with Crippen molar-refractivity contribution in [1.29, 1.82) is 0 Å². The zero-order chi connectivity index (χ0) is 13.0. The van der Waals surface area contributed by atoms with Gasteiger partial charge in [0.1, 0.15) is 12.2 Å². The van der Waals surface area contributed by atoms with Gasteiger partial charge in [0.05, 0.1) is 0 Å². The summed E-state index contributed by atoms with van der Waals surface area (Å²) in [6, 6.07) is 5.52. The second kappa shape index (κ2) is 5.77. The molecule has 0 saturated heterocycles. The maximum atomic E-state index is 11.9. The average molecular weight is 309 g/mol. The monoisotopic (exact) mass is 308 g/mol. The van der Waals surface area contributed by atoms with Crippen LogP contribution in [0.2, 0.25) is 0 Å². The second-order valence-corrected chi connectivity index (χ2v) is 4.76. The fraction of sp³-hybridized carbons (Fsp3) is 0.250. The number of aryl methyl sites for hydroxylation is 1. The highest BCUT2D eigenvalue weighted by Gasteiger charge is 2.06. The van der Waals surface area contributed by atoms with Crippen molar-refractivity contribution in [3.63, 3.8) is 0 Å². The van der Waals surface area contributed by atoms with E-state index < -0.39 is 0 Å². The van der Waals surface area contributed by atoms with Crippen molar-refractivity contribution < 1.29 is 4.79 Å². The summed E-state index contributed by atoms with van der Waals surface area (Å²) >= 11 is 3.41. The van der Waals surface area contributed by atoms with E-state index in [1.807, 2.05) is 19.1 Å². The molecule has 1 amide bonds. The number of aromatic nitrogens is 3. The molecule has 0 unspecified atom stereocenters. The molecule has 2 N–H and O–H groups in total. The molecule has 0 aliphatic heterocycles. The summed E-state index contributed by atoms with van der Waals surface area (Å²) in [4.78, 5) is 15.9. The number of hydrogen-bond donors (Lipinski definition) is 2. The van der Waals surface area contributed by atoms with E-state index in [9.17, 15) is 4.79 Å². The van der Waals surface area contributed by atoms with E-state index in [2.05, 4.69) is 36.4 Å². The maximum Gasteiger partial charge on any atom is 0.251 e. The van der Waals surface area contributed by atoms with Crippen LogP contribution in [0, 0.1) is 6.92 Å². The first kappa shape index (κ1) is 12.8. The molecule has 1 heterocycles. The molecule has 0 spiro atoms. The lowest BCUT2D eigenvalue weighted by molar-refractivity contribution is 0.0954. The van der Waals surface area contributed by atoms with Crippen LogP contribution in [0.3, 0.4) is 0 Å². The molecule has 18 heavy (non-hydrogen) atoms. The minimum absolute atomic E-state index is 0.0786. The summed E-state index contributed by atoms with van der Waals surface area (Å²) in [6.07, 6.45) is 2.09. The highest BCUT2D eigenvalue weighted by atomic mass is 79.9. The van der Waals surface area contributed by atoms with Gasteiger partial charge in [0, 0.05) is 23.0 Å². The average Bonchev–Trinajstić information content (AvgIpc) is 2.85. The highest BCUT2D eigenvalue weighted by Crippen LogP contribution is 2.16. The third-order valence-electron chi connectivity index (χ3n) is 2.53. The molecule has 0 saturated carbocycles. The number of carbonyl (C=O) groups excluding carboxylic acids is 1. The van der Waals surface area contributed by atoms with Gasteiger partial charge in [-0.25, -0.2) is 4.98 Å². The molecule has 5 nitrogen and oxygen atoms in total. The third-order valence-corrected chi connectivity index (χ3v) is 3.42. The molecular formula is C12H13BrN4O. The Morgan fingerprint density at radius 3 is 3.00 bits per heavy atom. The van der Waals surface area contributed by atoms with Crippen molar-refractivity contribution in [2.75, 3.05) is 6.54 Å². The van der Waals surface area contributed by atoms with Crippen LogP contribution in [0.15, 0.2) is 29.0 Å². The Hall–Kier alpha value is -1.69. The smallest absolute Gasteiger partial charge is 0.251 e. The summed E-state index contributed by atoms with van der Waals surface area (Å²) in [6.45, 7) is 2.48. The quantitative estimate of drug-likeness (QED) is 0.905.